The zero-order valence-electron chi connectivity index (χ0n) is 12.9. The fraction of sp³-hybridized carbons (Fsp3) is 0.647. The maximum Gasteiger partial charge on any atom is 0.124 e. The van der Waals surface area contributed by atoms with E-state index in [1.807, 2.05) is 6.92 Å². The van der Waals surface area contributed by atoms with E-state index in [0.29, 0.717) is 5.92 Å². The highest BCUT2D eigenvalue weighted by molar-refractivity contribution is 5.38. The van der Waals surface area contributed by atoms with Gasteiger partial charge in [0.25, 0.3) is 0 Å². The summed E-state index contributed by atoms with van der Waals surface area (Å²) in [5, 5.41) is 0. The Morgan fingerprint density at radius 1 is 1.26 bits per heavy atom. The summed E-state index contributed by atoms with van der Waals surface area (Å²) < 4.78 is 6.05. The predicted octanol–water partition coefficient (Wildman–Crippen LogP) is 4.61. The second-order valence-corrected chi connectivity index (χ2v) is 5.56. The topological polar surface area (TPSA) is 35.2 Å². The third-order valence-corrected chi connectivity index (χ3v) is 3.68. The molecule has 0 bridgehead atoms. The van der Waals surface area contributed by atoms with E-state index in [4.69, 9.17) is 10.5 Å². The number of benzene rings is 1. The molecule has 0 saturated carbocycles. The van der Waals surface area contributed by atoms with Gasteiger partial charge in [0.05, 0.1) is 6.61 Å². The van der Waals surface area contributed by atoms with Crippen molar-refractivity contribution in [2.24, 2.45) is 11.7 Å². The first kappa shape index (κ1) is 16.0. The summed E-state index contributed by atoms with van der Waals surface area (Å²) in [4.78, 5) is 0. The van der Waals surface area contributed by atoms with Gasteiger partial charge >= 0.3 is 0 Å². The van der Waals surface area contributed by atoms with Crippen molar-refractivity contribution in [3.05, 3.63) is 29.3 Å². The highest BCUT2D eigenvalue weighted by atomic mass is 16.5. The lowest BCUT2D eigenvalue weighted by atomic mass is 10.0. The molecule has 2 N–H and O–H groups in total. The van der Waals surface area contributed by atoms with Crippen LogP contribution in [0.4, 0.5) is 0 Å². The SMILES string of the molecule is CCCCC(CC)COc1cc(C)ccc1C(C)N. The molecule has 0 amide bonds. The van der Waals surface area contributed by atoms with Crippen LogP contribution in [0, 0.1) is 12.8 Å². The Morgan fingerprint density at radius 2 is 2.00 bits per heavy atom. The van der Waals surface area contributed by atoms with Gasteiger partial charge in [-0.15, -0.1) is 0 Å². The molecule has 2 nitrogen and oxygen atoms in total. The van der Waals surface area contributed by atoms with Crippen molar-refractivity contribution in [2.75, 3.05) is 6.61 Å². The van der Waals surface area contributed by atoms with E-state index in [-0.39, 0.29) is 6.04 Å². The molecule has 2 atom stereocenters. The van der Waals surface area contributed by atoms with Gasteiger partial charge in [0.2, 0.25) is 0 Å². The molecule has 2 unspecified atom stereocenters. The Labute approximate surface area is 118 Å². The Morgan fingerprint density at radius 3 is 2.58 bits per heavy atom. The molecule has 0 spiro atoms. The summed E-state index contributed by atoms with van der Waals surface area (Å²) in [5.41, 5.74) is 8.33. The average molecular weight is 263 g/mol. The van der Waals surface area contributed by atoms with E-state index in [1.54, 1.807) is 0 Å². The molecule has 0 aromatic heterocycles. The van der Waals surface area contributed by atoms with Gasteiger partial charge in [0.1, 0.15) is 5.75 Å². The highest BCUT2D eigenvalue weighted by Gasteiger charge is 2.11. The van der Waals surface area contributed by atoms with Gasteiger partial charge in [-0.3, -0.25) is 0 Å². The maximum absolute atomic E-state index is 6.05. The molecule has 0 fully saturated rings. The Kier molecular flexibility index (Phi) is 6.93. The summed E-state index contributed by atoms with van der Waals surface area (Å²) in [7, 11) is 0. The van der Waals surface area contributed by atoms with Crippen molar-refractivity contribution in [2.45, 2.75) is 59.4 Å². The summed E-state index contributed by atoms with van der Waals surface area (Å²) in [6.45, 7) is 9.38. The number of hydrogen-bond acceptors (Lipinski definition) is 2. The van der Waals surface area contributed by atoms with Gasteiger partial charge in [0, 0.05) is 11.6 Å². The van der Waals surface area contributed by atoms with Gasteiger partial charge in [-0.2, -0.15) is 0 Å². The lowest BCUT2D eigenvalue weighted by Crippen LogP contribution is -2.14. The number of hydrogen-bond donors (Lipinski definition) is 1. The molecule has 1 rings (SSSR count). The monoisotopic (exact) mass is 263 g/mol. The summed E-state index contributed by atoms with van der Waals surface area (Å²) >= 11 is 0. The van der Waals surface area contributed by atoms with Gasteiger partial charge < -0.3 is 10.5 Å². The first-order valence-corrected chi connectivity index (χ1v) is 7.57. The van der Waals surface area contributed by atoms with Crippen LogP contribution >= 0.6 is 0 Å². The first-order valence-electron chi connectivity index (χ1n) is 7.57. The summed E-state index contributed by atoms with van der Waals surface area (Å²) in [6, 6.07) is 6.30. The third kappa shape index (κ3) is 5.23. The minimum Gasteiger partial charge on any atom is -0.493 e. The number of aryl methyl sites for hydroxylation is 1. The van der Waals surface area contributed by atoms with Crippen molar-refractivity contribution in [1.82, 2.24) is 0 Å². The molecule has 0 aliphatic rings. The second-order valence-electron chi connectivity index (χ2n) is 5.56. The number of unbranched alkanes of at least 4 members (excludes halogenated alkanes) is 1. The van der Waals surface area contributed by atoms with Gasteiger partial charge in [-0.1, -0.05) is 45.2 Å². The standard InChI is InChI=1S/C17H29NO/c1-5-7-8-15(6-2)12-19-17-11-13(3)9-10-16(17)14(4)18/h9-11,14-15H,5-8,12,18H2,1-4H3. The van der Waals surface area contributed by atoms with E-state index in [9.17, 15) is 0 Å². The van der Waals surface area contributed by atoms with E-state index >= 15 is 0 Å². The van der Waals surface area contributed by atoms with Crippen LogP contribution in [0.1, 0.15) is 63.6 Å². The smallest absolute Gasteiger partial charge is 0.124 e. The van der Waals surface area contributed by atoms with Crippen LogP contribution in [0.25, 0.3) is 0 Å². The number of nitrogens with two attached hydrogens (primary N) is 1. The van der Waals surface area contributed by atoms with Crippen molar-refractivity contribution in [1.29, 1.82) is 0 Å². The Bertz CT molecular complexity index is 374. The van der Waals surface area contributed by atoms with Crippen LogP contribution in [0.2, 0.25) is 0 Å². The predicted molar refractivity (Wildman–Crippen MR) is 82.6 cm³/mol. The van der Waals surface area contributed by atoms with Gasteiger partial charge in [-0.05, 0) is 37.8 Å². The lowest BCUT2D eigenvalue weighted by Gasteiger charge is -2.19. The van der Waals surface area contributed by atoms with E-state index in [1.165, 1.54) is 31.2 Å². The van der Waals surface area contributed by atoms with Crippen molar-refractivity contribution in [3.63, 3.8) is 0 Å². The Balaban J connectivity index is 2.67. The second kappa shape index (κ2) is 8.21. The highest BCUT2D eigenvalue weighted by Crippen LogP contribution is 2.26. The lowest BCUT2D eigenvalue weighted by molar-refractivity contribution is 0.230. The van der Waals surface area contributed by atoms with Crippen LogP contribution < -0.4 is 10.5 Å². The van der Waals surface area contributed by atoms with Crippen LogP contribution in [0.15, 0.2) is 18.2 Å². The largest absolute Gasteiger partial charge is 0.493 e. The van der Waals surface area contributed by atoms with Crippen molar-refractivity contribution >= 4 is 0 Å². The van der Waals surface area contributed by atoms with E-state index in [0.717, 1.165) is 17.9 Å². The Hall–Kier alpha value is -1.02. The molecule has 0 radical (unpaired) electrons. The average Bonchev–Trinajstić information content (AvgIpc) is 2.38. The molecule has 19 heavy (non-hydrogen) atoms. The van der Waals surface area contributed by atoms with Gasteiger partial charge in [0.15, 0.2) is 0 Å². The normalized spacial score (nSPS) is 14.2. The minimum atomic E-state index is 0.0197. The quantitative estimate of drug-likeness (QED) is 0.743. The van der Waals surface area contributed by atoms with Crippen LogP contribution in [0.5, 0.6) is 5.75 Å². The maximum atomic E-state index is 6.05. The zero-order valence-corrected chi connectivity index (χ0v) is 12.9. The molecular formula is C17H29NO. The van der Waals surface area contributed by atoms with E-state index < -0.39 is 0 Å². The van der Waals surface area contributed by atoms with Gasteiger partial charge in [-0.25, -0.2) is 0 Å². The van der Waals surface area contributed by atoms with Crippen molar-refractivity contribution < 1.29 is 4.74 Å². The minimum absolute atomic E-state index is 0.0197. The first-order chi connectivity index (χ1) is 9.08. The van der Waals surface area contributed by atoms with Crippen LogP contribution in [0.3, 0.4) is 0 Å². The molecule has 1 aromatic rings. The van der Waals surface area contributed by atoms with E-state index in [2.05, 4.69) is 39.0 Å². The molecule has 0 heterocycles. The molecule has 108 valence electrons. The molecule has 0 aliphatic carbocycles. The third-order valence-electron chi connectivity index (χ3n) is 3.68. The molecule has 2 heteroatoms. The molecular weight excluding hydrogens is 234 g/mol. The van der Waals surface area contributed by atoms with Crippen LogP contribution in [-0.2, 0) is 0 Å². The molecule has 0 aliphatic heterocycles. The molecule has 1 aromatic carbocycles. The summed E-state index contributed by atoms with van der Waals surface area (Å²) in [6.07, 6.45) is 4.98. The number of ether oxygens (including phenoxy) is 1. The summed E-state index contributed by atoms with van der Waals surface area (Å²) in [5.74, 6) is 1.62. The fourth-order valence-corrected chi connectivity index (χ4v) is 2.25. The van der Waals surface area contributed by atoms with Crippen molar-refractivity contribution in [3.8, 4) is 5.75 Å². The fourth-order valence-electron chi connectivity index (χ4n) is 2.25. The molecule has 0 saturated heterocycles. The van der Waals surface area contributed by atoms with Crippen LogP contribution in [-0.4, -0.2) is 6.61 Å². The zero-order chi connectivity index (χ0) is 14.3. The number of rotatable bonds is 8.